The lowest BCUT2D eigenvalue weighted by atomic mass is 10.0. The third kappa shape index (κ3) is 5.54. The summed E-state index contributed by atoms with van der Waals surface area (Å²) in [6, 6.07) is 13.0. The van der Waals surface area contributed by atoms with Crippen molar-refractivity contribution in [3.05, 3.63) is 59.9 Å². The standard InChI is InChI=1S/C21H29FN4O2S/c1-24(2)19-8-4-17(5-9-19)21(26-14-12-25(3)13-15-26)16-23-29(27,28)20-10-6-18(22)7-11-20/h4-11,21,23H,12-16H2,1-3H3. The maximum Gasteiger partial charge on any atom is 0.240 e. The van der Waals surface area contributed by atoms with E-state index in [9.17, 15) is 12.8 Å². The van der Waals surface area contributed by atoms with Crippen LogP contribution in [0.15, 0.2) is 53.4 Å². The minimum absolute atomic E-state index is 0.0685. The summed E-state index contributed by atoms with van der Waals surface area (Å²) < 4.78 is 41.2. The zero-order valence-electron chi connectivity index (χ0n) is 17.2. The fraction of sp³-hybridized carbons (Fsp3) is 0.429. The van der Waals surface area contributed by atoms with Crippen LogP contribution in [-0.4, -0.2) is 72.1 Å². The fourth-order valence-electron chi connectivity index (χ4n) is 3.47. The molecule has 0 aliphatic carbocycles. The van der Waals surface area contributed by atoms with Gasteiger partial charge in [0.05, 0.1) is 4.90 Å². The molecule has 2 aromatic carbocycles. The smallest absolute Gasteiger partial charge is 0.240 e. The van der Waals surface area contributed by atoms with Crippen LogP contribution in [0, 0.1) is 5.82 Å². The van der Waals surface area contributed by atoms with Gasteiger partial charge in [-0.15, -0.1) is 0 Å². The first kappa shape index (κ1) is 21.7. The summed E-state index contributed by atoms with van der Waals surface area (Å²) in [6.07, 6.45) is 0. The minimum Gasteiger partial charge on any atom is -0.378 e. The van der Waals surface area contributed by atoms with E-state index in [4.69, 9.17) is 0 Å². The topological polar surface area (TPSA) is 55.9 Å². The molecular formula is C21H29FN4O2S. The first-order chi connectivity index (χ1) is 13.8. The number of nitrogens with one attached hydrogen (secondary N) is 1. The highest BCUT2D eigenvalue weighted by molar-refractivity contribution is 7.89. The van der Waals surface area contributed by atoms with Gasteiger partial charge in [-0.2, -0.15) is 0 Å². The molecule has 1 unspecified atom stereocenters. The molecule has 0 radical (unpaired) electrons. The summed E-state index contributed by atoms with van der Waals surface area (Å²) in [7, 11) is 2.36. The maximum atomic E-state index is 13.1. The van der Waals surface area contributed by atoms with Crippen molar-refractivity contribution in [3.63, 3.8) is 0 Å². The molecule has 0 aromatic heterocycles. The van der Waals surface area contributed by atoms with Gasteiger partial charge in [-0.05, 0) is 49.0 Å². The van der Waals surface area contributed by atoms with E-state index in [1.807, 2.05) is 31.1 Å². The first-order valence-electron chi connectivity index (χ1n) is 9.71. The van der Waals surface area contributed by atoms with Gasteiger partial charge in [-0.25, -0.2) is 17.5 Å². The van der Waals surface area contributed by atoms with Crippen LogP contribution in [0.4, 0.5) is 10.1 Å². The first-order valence-corrected chi connectivity index (χ1v) is 11.2. The number of hydrogen-bond donors (Lipinski definition) is 1. The minimum atomic E-state index is -3.71. The molecule has 1 atom stereocenters. The highest BCUT2D eigenvalue weighted by atomic mass is 32.2. The Kier molecular flexibility index (Phi) is 6.89. The van der Waals surface area contributed by atoms with Crippen molar-refractivity contribution in [2.45, 2.75) is 10.9 Å². The third-order valence-corrected chi connectivity index (χ3v) is 6.80. The molecule has 1 N–H and O–H groups in total. The number of likely N-dealkylation sites (N-methyl/N-ethyl adjacent to an activating group) is 1. The van der Waals surface area contributed by atoms with Crippen LogP contribution in [0.1, 0.15) is 11.6 Å². The Balaban J connectivity index is 1.80. The Morgan fingerprint density at radius 3 is 2.14 bits per heavy atom. The number of sulfonamides is 1. The van der Waals surface area contributed by atoms with E-state index in [-0.39, 0.29) is 17.5 Å². The molecule has 0 spiro atoms. The van der Waals surface area contributed by atoms with Crippen molar-refractivity contribution in [2.75, 3.05) is 58.8 Å². The number of rotatable bonds is 7. The van der Waals surface area contributed by atoms with Crippen molar-refractivity contribution < 1.29 is 12.8 Å². The van der Waals surface area contributed by atoms with Gasteiger partial charge in [0.2, 0.25) is 10.0 Å². The summed E-state index contributed by atoms with van der Waals surface area (Å²) in [5, 5.41) is 0. The van der Waals surface area contributed by atoms with Gasteiger partial charge in [0.25, 0.3) is 0 Å². The third-order valence-electron chi connectivity index (χ3n) is 5.36. The molecule has 3 rings (SSSR count). The molecule has 6 nitrogen and oxygen atoms in total. The van der Waals surface area contributed by atoms with E-state index in [1.165, 1.54) is 12.1 Å². The second kappa shape index (κ2) is 9.21. The molecule has 0 saturated carbocycles. The summed E-state index contributed by atoms with van der Waals surface area (Å²) in [6.45, 7) is 3.88. The molecular weight excluding hydrogens is 391 g/mol. The molecule has 1 heterocycles. The van der Waals surface area contributed by atoms with Crippen molar-refractivity contribution in [2.24, 2.45) is 0 Å². The van der Waals surface area contributed by atoms with Crippen LogP contribution in [0.25, 0.3) is 0 Å². The fourth-order valence-corrected chi connectivity index (χ4v) is 4.51. The van der Waals surface area contributed by atoms with Crippen molar-refractivity contribution in [1.29, 1.82) is 0 Å². The van der Waals surface area contributed by atoms with Crippen LogP contribution >= 0.6 is 0 Å². The van der Waals surface area contributed by atoms with Crippen molar-refractivity contribution >= 4 is 15.7 Å². The Labute approximate surface area is 173 Å². The van der Waals surface area contributed by atoms with Crippen LogP contribution in [-0.2, 0) is 10.0 Å². The molecule has 1 saturated heterocycles. The van der Waals surface area contributed by atoms with Gasteiger partial charge in [0.1, 0.15) is 5.82 Å². The lowest BCUT2D eigenvalue weighted by Gasteiger charge is -2.38. The van der Waals surface area contributed by atoms with Gasteiger partial charge >= 0.3 is 0 Å². The SMILES string of the molecule is CN1CCN(C(CNS(=O)(=O)c2ccc(F)cc2)c2ccc(N(C)C)cc2)CC1. The molecule has 2 aromatic rings. The summed E-state index contributed by atoms with van der Waals surface area (Å²) >= 11 is 0. The van der Waals surface area contributed by atoms with E-state index >= 15 is 0 Å². The van der Waals surface area contributed by atoms with Gasteiger partial charge < -0.3 is 9.80 Å². The van der Waals surface area contributed by atoms with Gasteiger partial charge in [0, 0.05) is 58.5 Å². The van der Waals surface area contributed by atoms with E-state index in [2.05, 4.69) is 33.7 Å². The molecule has 29 heavy (non-hydrogen) atoms. The zero-order chi connectivity index (χ0) is 21.0. The van der Waals surface area contributed by atoms with E-state index < -0.39 is 15.8 Å². The second-order valence-electron chi connectivity index (χ2n) is 7.65. The predicted octanol–water partition coefficient (Wildman–Crippen LogP) is 2.16. The zero-order valence-corrected chi connectivity index (χ0v) is 18.0. The average molecular weight is 421 g/mol. The number of halogens is 1. The molecule has 1 aliphatic rings. The molecule has 1 fully saturated rings. The monoisotopic (exact) mass is 420 g/mol. The molecule has 1 aliphatic heterocycles. The van der Waals surface area contributed by atoms with Crippen molar-refractivity contribution in [1.82, 2.24) is 14.5 Å². The number of nitrogens with zero attached hydrogens (tertiary/aromatic N) is 3. The van der Waals surface area contributed by atoms with Crippen LogP contribution in [0.2, 0.25) is 0 Å². The average Bonchev–Trinajstić information content (AvgIpc) is 2.70. The molecule has 8 heteroatoms. The lowest BCUT2D eigenvalue weighted by molar-refractivity contribution is 0.113. The summed E-state index contributed by atoms with van der Waals surface area (Å²) in [5.41, 5.74) is 2.17. The van der Waals surface area contributed by atoms with Gasteiger partial charge in [-0.1, -0.05) is 12.1 Å². The van der Waals surface area contributed by atoms with Crippen molar-refractivity contribution in [3.8, 4) is 0 Å². The predicted molar refractivity (Wildman–Crippen MR) is 114 cm³/mol. The number of benzene rings is 2. The van der Waals surface area contributed by atoms with Crippen LogP contribution in [0.5, 0.6) is 0 Å². The summed E-state index contributed by atoms with van der Waals surface area (Å²) in [4.78, 5) is 6.69. The van der Waals surface area contributed by atoms with Crippen LogP contribution < -0.4 is 9.62 Å². The molecule has 158 valence electrons. The Morgan fingerprint density at radius 2 is 1.59 bits per heavy atom. The largest absolute Gasteiger partial charge is 0.378 e. The Hall–Kier alpha value is -2.00. The van der Waals surface area contributed by atoms with E-state index in [0.29, 0.717) is 0 Å². The maximum absolute atomic E-state index is 13.1. The molecule has 0 amide bonds. The van der Waals surface area contributed by atoms with E-state index in [0.717, 1.165) is 49.6 Å². The lowest BCUT2D eigenvalue weighted by Crippen LogP contribution is -2.48. The number of hydrogen-bond acceptors (Lipinski definition) is 5. The highest BCUT2D eigenvalue weighted by Gasteiger charge is 2.26. The number of anilines is 1. The summed E-state index contributed by atoms with van der Waals surface area (Å²) in [5.74, 6) is -0.458. The van der Waals surface area contributed by atoms with Gasteiger partial charge in [-0.3, -0.25) is 4.90 Å². The quantitative estimate of drug-likeness (QED) is 0.744. The Morgan fingerprint density at radius 1 is 1.00 bits per heavy atom. The Bertz CT molecular complexity index is 893. The van der Waals surface area contributed by atoms with E-state index in [1.54, 1.807) is 0 Å². The highest BCUT2D eigenvalue weighted by Crippen LogP contribution is 2.24. The van der Waals surface area contributed by atoms with Crippen LogP contribution in [0.3, 0.4) is 0 Å². The van der Waals surface area contributed by atoms with Gasteiger partial charge in [0.15, 0.2) is 0 Å². The number of piperazine rings is 1. The molecule has 0 bridgehead atoms. The second-order valence-corrected chi connectivity index (χ2v) is 9.41. The normalized spacial score (nSPS) is 17.2.